The van der Waals surface area contributed by atoms with E-state index in [-0.39, 0.29) is 24.2 Å². The fourth-order valence-electron chi connectivity index (χ4n) is 7.64. The minimum atomic E-state index is -1.39. The van der Waals surface area contributed by atoms with Gasteiger partial charge >= 0.3 is 6.09 Å². The number of nitrogens with zero attached hydrogens (tertiary/aromatic N) is 2. The zero-order chi connectivity index (χ0) is 28.4. The number of hydrogen-bond donors (Lipinski definition) is 1. The van der Waals surface area contributed by atoms with Crippen LogP contribution in [0.15, 0.2) is 18.2 Å². The predicted octanol–water partition coefficient (Wildman–Crippen LogP) is 4.60. The van der Waals surface area contributed by atoms with Gasteiger partial charge in [0, 0.05) is 30.8 Å². The number of piperidine rings is 1. The number of methoxy groups -OCH3 is 1. The van der Waals surface area contributed by atoms with Gasteiger partial charge in [-0.2, -0.15) is 0 Å². The third kappa shape index (κ3) is 4.80. The first kappa shape index (κ1) is 27.6. The molecule has 2 saturated carbocycles. The van der Waals surface area contributed by atoms with Crippen molar-refractivity contribution in [3.63, 3.8) is 0 Å². The number of ether oxygens (including phenoxy) is 2. The van der Waals surface area contributed by atoms with E-state index in [1.165, 1.54) is 0 Å². The van der Waals surface area contributed by atoms with Crippen LogP contribution in [0.5, 0.6) is 5.75 Å². The van der Waals surface area contributed by atoms with E-state index in [4.69, 9.17) is 9.47 Å². The summed E-state index contributed by atoms with van der Waals surface area (Å²) in [6.07, 6.45) is 6.41. The highest BCUT2D eigenvalue weighted by atomic mass is 16.6. The average Bonchev–Trinajstić information content (AvgIpc) is 3.81. The highest BCUT2D eigenvalue weighted by Crippen LogP contribution is 2.57. The molecule has 5 aliphatic rings. The summed E-state index contributed by atoms with van der Waals surface area (Å²) in [5.41, 5.74) is -1.08. The van der Waals surface area contributed by atoms with Crippen molar-refractivity contribution >= 4 is 17.9 Å². The van der Waals surface area contributed by atoms with Crippen LogP contribution in [0.1, 0.15) is 89.7 Å². The molecule has 2 aliphatic heterocycles. The van der Waals surface area contributed by atoms with Gasteiger partial charge in [-0.05, 0) is 101 Å². The van der Waals surface area contributed by atoms with Crippen molar-refractivity contribution in [2.45, 2.75) is 108 Å². The lowest BCUT2D eigenvalue weighted by atomic mass is 9.52. The summed E-state index contributed by atoms with van der Waals surface area (Å²) < 4.78 is 11.4. The van der Waals surface area contributed by atoms with Crippen molar-refractivity contribution in [2.24, 2.45) is 17.8 Å². The summed E-state index contributed by atoms with van der Waals surface area (Å²) in [5.74, 6) is 1.02. The monoisotopic (exact) mass is 552 g/mol. The fourth-order valence-corrected chi connectivity index (χ4v) is 7.64. The van der Waals surface area contributed by atoms with Gasteiger partial charge < -0.3 is 19.5 Å². The maximum atomic E-state index is 14.3. The number of carbonyl (C=O) groups is 3. The van der Waals surface area contributed by atoms with Gasteiger partial charge in [-0.3, -0.25) is 14.5 Å². The Hall–Kier alpha value is -2.61. The highest BCUT2D eigenvalue weighted by Gasteiger charge is 2.65. The first-order chi connectivity index (χ1) is 18.9. The molecule has 6 rings (SSSR count). The van der Waals surface area contributed by atoms with E-state index in [9.17, 15) is 19.5 Å². The van der Waals surface area contributed by atoms with Crippen molar-refractivity contribution in [2.75, 3.05) is 20.2 Å². The maximum absolute atomic E-state index is 14.3. The standard InChI is InChI=1S/C32H44N2O6/c1-30(2,3)40-29(37)33-14-13-31-18-27(35)34(19-21-7-8-21)28(36)23(15-20-5-6-20)11-12-32(31,38)26(33)16-22-9-10-24(39-4)17-25(22)31/h9-10,17,20-21,23,26,38H,5-8,11-16,18-19H2,1-4H3/t23?,26-,31-,32-/m1/s1. The second-order valence-electron chi connectivity index (χ2n) is 14.1. The van der Waals surface area contributed by atoms with Crippen molar-refractivity contribution in [1.82, 2.24) is 9.80 Å². The third-order valence-corrected chi connectivity index (χ3v) is 10.1. The summed E-state index contributed by atoms with van der Waals surface area (Å²) in [7, 11) is 1.62. The number of carbonyl (C=O) groups excluding carboxylic acids is 3. The van der Waals surface area contributed by atoms with Crippen molar-refractivity contribution in [1.29, 1.82) is 0 Å². The Balaban J connectivity index is 1.47. The van der Waals surface area contributed by atoms with E-state index < -0.39 is 28.8 Å². The fraction of sp³-hybridized carbons (Fsp3) is 0.719. The van der Waals surface area contributed by atoms with E-state index in [2.05, 4.69) is 0 Å². The zero-order valence-corrected chi connectivity index (χ0v) is 24.4. The minimum absolute atomic E-state index is 0.0386. The minimum Gasteiger partial charge on any atom is -0.497 e. The number of benzene rings is 1. The van der Waals surface area contributed by atoms with Gasteiger partial charge in [-0.1, -0.05) is 18.9 Å². The molecule has 4 fully saturated rings. The lowest BCUT2D eigenvalue weighted by molar-refractivity contribution is -0.160. The van der Waals surface area contributed by atoms with E-state index in [1.807, 2.05) is 39.0 Å². The number of amides is 3. The summed E-state index contributed by atoms with van der Waals surface area (Å²) >= 11 is 0. The molecule has 1 aromatic carbocycles. The van der Waals surface area contributed by atoms with Gasteiger partial charge in [0.25, 0.3) is 0 Å². The molecule has 2 saturated heterocycles. The smallest absolute Gasteiger partial charge is 0.410 e. The Morgan fingerprint density at radius 3 is 2.45 bits per heavy atom. The van der Waals surface area contributed by atoms with Gasteiger partial charge in [-0.25, -0.2) is 4.79 Å². The van der Waals surface area contributed by atoms with Gasteiger partial charge in [0.05, 0.1) is 18.8 Å². The van der Waals surface area contributed by atoms with Crippen molar-refractivity contribution < 1.29 is 29.0 Å². The molecule has 40 heavy (non-hydrogen) atoms. The second kappa shape index (κ2) is 9.74. The molecule has 2 heterocycles. The zero-order valence-electron chi connectivity index (χ0n) is 24.4. The maximum Gasteiger partial charge on any atom is 0.410 e. The van der Waals surface area contributed by atoms with E-state index in [0.29, 0.717) is 56.4 Å². The number of likely N-dealkylation sites (tertiary alicyclic amines) is 1. The van der Waals surface area contributed by atoms with E-state index in [1.54, 1.807) is 16.9 Å². The molecule has 218 valence electrons. The van der Waals surface area contributed by atoms with Crippen LogP contribution in [0.2, 0.25) is 0 Å². The predicted molar refractivity (Wildman–Crippen MR) is 149 cm³/mol. The van der Waals surface area contributed by atoms with Crippen LogP contribution in [-0.4, -0.2) is 70.3 Å². The Morgan fingerprint density at radius 1 is 1.07 bits per heavy atom. The molecule has 1 N–H and O–H groups in total. The van der Waals surface area contributed by atoms with Crippen LogP contribution in [0.3, 0.4) is 0 Å². The summed E-state index contributed by atoms with van der Waals surface area (Å²) in [6.45, 7) is 6.38. The largest absolute Gasteiger partial charge is 0.497 e. The molecule has 1 aromatic rings. The molecule has 3 aliphatic carbocycles. The van der Waals surface area contributed by atoms with Crippen LogP contribution in [0.4, 0.5) is 4.79 Å². The Morgan fingerprint density at radius 2 is 1.80 bits per heavy atom. The SMILES string of the molecule is COc1ccc2c(c1)[C@]13CCN(C(=O)OC(C)(C)C)[C@H](C2)[C@]1(O)CCC(CC1CC1)C(=O)N(CC1CC1)C(=O)C3. The van der Waals surface area contributed by atoms with Crippen molar-refractivity contribution in [3.05, 3.63) is 29.3 Å². The summed E-state index contributed by atoms with van der Waals surface area (Å²) in [4.78, 5) is 45.0. The highest BCUT2D eigenvalue weighted by molar-refractivity contribution is 5.97. The quantitative estimate of drug-likeness (QED) is 0.537. The van der Waals surface area contributed by atoms with Gasteiger partial charge in [0.2, 0.25) is 11.8 Å². The number of hydrogen-bond acceptors (Lipinski definition) is 6. The molecule has 0 aromatic heterocycles. The molecule has 1 unspecified atom stereocenters. The molecule has 0 radical (unpaired) electrons. The van der Waals surface area contributed by atoms with Crippen molar-refractivity contribution in [3.8, 4) is 5.75 Å². The summed E-state index contributed by atoms with van der Waals surface area (Å²) in [5, 5.41) is 13.0. The number of imide groups is 1. The van der Waals surface area contributed by atoms with Crippen LogP contribution in [-0.2, 0) is 26.2 Å². The Bertz CT molecular complexity index is 1200. The van der Waals surface area contributed by atoms with E-state index >= 15 is 0 Å². The Labute approximate surface area is 237 Å². The topological polar surface area (TPSA) is 96.4 Å². The molecule has 8 heteroatoms. The van der Waals surface area contributed by atoms with Crippen LogP contribution in [0.25, 0.3) is 0 Å². The van der Waals surface area contributed by atoms with Gasteiger partial charge in [0.15, 0.2) is 0 Å². The normalized spacial score (nSPS) is 32.4. The van der Waals surface area contributed by atoms with Gasteiger partial charge in [-0.15, -0.1) is 0 Å². The Kier molecular flexibility index (Phi) is 6.71. The third-order valence-electron chi connectivity index (χ3n) is 10.1. The molecule has 0 spiro atoms. The average molecular weight is 553 g/mol. The first-order valence-corrected chi connectivity index (χ1v) is 15.2. The molecule has 3 amide bonds. The number of aliphatic hydroxyl groups is 1. The summed E-state index contributed by atoms with van der Waals surface area (Å²) in [6, 6.07) is 5.32. The lowest BCUT2D eigenvalue weighted by Gasteiger charge is -2.61. The van der Waals surface area contributed by atoms with Crippen LogP contribution < -0.4 is 4.74 Å². The molecular formula is C32H44N2O6. The van der Waals surface area contributed by atoms with Crippen LogP contribution >= 0.6 is 0 Å². The van der Waals surface area contributed by atoms with Gasteiger partial charge in [0.1, 0.15) is 11.4 Å². The lowest BCUT2D eigenvalue weighted by Crippen LogP contribution is -2.73. The number of fused-ring (bicyclic) bond motifs is 1. The molecule has 2 bridgehead atoms. The first-order valence-electron chi connectivity index (χ1n) is 15.2. The number of rotatable bonds is 5. The van der Waals surface area contributed by atoms with Crippen LogP contribution in [0, 0.1) is 17.8 Å². The second-order valence-corrected chi connectivity index (χ2v) is 14.1. The molecular weight excluding hydrogens is 508 g/mol. The molecule has 4 atom stereocenters. The molecule has 8 nitrogen and oxygen atoms in total. The van der Waals surface area contributed by atoms with E-state index in [0.717, 1.165) is 43.2 Å².